The van der Waals surface area contributed by atoms with Crippen molar-refractivity contribution in [1.82, 2.24) is 79.0 Å². The van der Waals surface area contributed by atoms with Crippen LogP contribution in [0, 0.1) is 41.5 Å². The number of H-pyrrole nitrogens is 4. The van der Waals surface area contributed by atoms with Gasteiger partial charge in [0, 0.05) is 203 Å². The second-order valence-electron chi connectivity index (χ2n) is 34.5. The highest BCUT2D eigenvalue weighted by atomic mass is 19.4. The van der Waals surface area contributed by atoms with E-state index < -0.39 is 38.2 Å². The average molecular weight is 1880 g/mol. The van der Waals surface area contributed by atoms with Gasteiger partial charge in [-0.05, 0) is 190 Å². The van der Waals surface area contributed by atoms with Crippen LogP contribution in [0.1, 0.15) is 134 Å². The van der Waals surface area contributed by atoms with Crippen LogP contribution in [0.25, 0.3) is 50.1 Å². The Morgan fingerprint density at radius 2 is 0.800 bits per heavy atom. The van der Waals surface area contributed by atoms with Crippen molar-refractivity contribution in [2.75, 3.05) is 146 Å². The number of hydrogen-bond donors (Lipinski definition) is 8. The van der Waals surface area contributed by atoms with Gasteiger partial charge in [-0.3, -0.25) is 48.6 Å². The van der Waals surface area contributed by atoms with Gasteiger partial charge in [-0.25, -0.2) is 9.97 Å². The van der Waals surface area contributed by atoms with Crippen molar-refractivity contribution in [1.29, 1.82) is 0 Å². The maximum atomic E-state index is 14.0. The predicted octanol–water partition coefficient (Wildman–Crippen LogP) is 14.3. The lowest BCUT2D eigenvalue weighted by Crippen LogP contribution is -2.48. The number of ether oxygens (including phenoxy) is 3. The summed E-state index contributed by atoms with van der Waals surface area (Å²) in [5, 5.41) is 18.8. The molecular formula is C96H116F9N21O9. The van der Waals surface area contributed by atoms with E-state index in [9.17, 15) is 68.3 Å². The van der Waals surface area contributed by atoms with E-state index in [4.69, 9.17) is 14.2 Å². The normalized spacial score (nSPS) is 14.5. The largest absolute Gasteiger partial charge is 0.496 e. The number of alkyl halides is 9. The maximum Gasteiger partial charge on any atom is 0.401 e. The van der Waals surface area contributed by atoms with Crippen LogP contribution in [-0.4, -0.2) is 239 Å². The molecule has 0 bridgehead atoms. The number of amides is 3. The number of halogens is 9. The minimum atomic E-state index is -4.24. The van der Waals surface area contributed by atoms with Gasteiger partial charge in [0.25, 0.3) is 34.4 Å². The third kappa shape index (κ3) is 22.9. The second-order valence-corrected chi connectivity index (χ2v) is 34.5. The Hall–Kier alpha value is -13.3. The zero-order valence-corrected chi connectivity index (χ0v) is 78.3. The molecule has 15 heterocycles. The molecule has 3 amide bonds. The number of piperidine rings is 3. The van der Waals surface area contributed by atoms with Gasteiger partial charge in [0.15, 0.2) is 0 Å². The minimum Gasteiger partial charge on any atom is -0.496 e. The number of hydrogen-bond acceptors (Lipinski definition) is 20. The van der Waals surface area contributed by atoms with Crippen LogP contribution in [0.3, 0.4) is 0 Å². The fraction of sp³-hybridized carbons (Fsp3) is 0.427. The molecule has 135 heavy (non-hydrogen) atoms. The topological polar surface area (TPSA) is 316 Å². The van der Waals surface area contributed by atoms with Crippen LogP contribution >= 0.6 is 0 Å². The summed E-state index contributed by atoms with van der Waals surface area (Å²) in [6.45, 7) is 15.2. The first-order valence-corrected chi connectivity index (χ1v) is 44.7. The van der Waals surface area contributed by atoms with Crippen molar-refractivity contribution < 1.29 is 68.1 Å². The number of carbonyl (C=O) groups is 3. The summed E-state index contributed by atoms with van der Waals surface area (Å²) in [6, 6.07) is 26.1. The molecule has 0 unspecified atom stereocenters. The first-order valence-electron chi connectivity index (χ1n) is 44.7. The number of methoxy groups -OCH3 is 3. The molecule has 0 aliphatic carbocycles. The quantitative estimate of drug-likeness (QED) is 0.0211. The number of aryl methyl sites for hydroxylation is 3. The summed E-state index contributed by atoms with van der Waals surface area (Å²) < 4.78 is 140. The van der Waals surface area contributed by atoms with Gasteiger partial charge in [0.1, 0.15) is 46.3 Å². The number of anilines is 5. The molecule has 12 aromatic heterocycles. The molecule has 15 rings (SSSR count). The number of likely N-dealkylation sites (tertiary alicyclic amines) is 3. The van der Waals surface area contributed by atoms with Crippen LogP contribution in [0.4, 0.5) is 68.6 Å². The molecule has 0 spiro atoms. The summed E-state index contributed by atoms with van der Waals surface area (Å²) >= 11 is 0. The van der Waals surface area contributed by atoms with Crippen molar-refractivity contribution in [2.45, 2.75) is 150 Å². The lowest BCUT2D eigenvalue weighted by Gasteiger charge is -2.40. The van der Waals surface area contributed by atoms with Gasteiger partial charge in [0.05, 0.1) is 99.5 Å². The number of fused-ring (bicyclic) bond motifs is 3. The minimum absolute atomic E-state index is 0.0206. The number of rotatable bonds is 28. The zero-order valence-electron chi connectivity index (χ0n) is 78.3. The van der Waals surface area contributed by atoms with Crippen LogP contribution in [0.2, 0.25) is 0 Å². The van der Waals surface area contributed by atoms with E-state index in [1.165, 1.54) is 36.0 Å². The molecule has 0 saturated carbocycles. The monoisotopic (exact) mass is 1880 g/mol. The summed E-state index contributed by atoms with van der Waals surface area (Å²) in [5.41, 5.74) is 12.8. The number of nitrogens with zero attached hydrogens (tertiary/aromatic N) is 13. The fourth-order valence-corrected chi connectivity index (χ4v) is 18.7. The predicted molar refractivity (Wildman–Crippen MR) is 504 cm³/mol. The number of pyridine rings is 8. The lowest BCUT2D eigenvalue weighted by atomic mass is 10.00. The number of carbonyl (C=O) groups excluding carboxylic acids is 3. The van der Waals surface area contributed by atoms with E-state index in [0.29, 0.717) is 170 Å². The van der Waals surface area contributed by atoms with Gasteiger partial charge in [0.2, 0.25) is 0 Å². The van der Waals surface area contributed by atoms with E-state index in [-0.39, 0.29) is 72.2 Å². The SMILES string of the molecule is CCN(c1c(C)c(C(=O)NCc2c(OC)cc(C)[nH]c2=O)cc2c(-c3ccnc(N(C)C)c3)ccn12)C1CCN(CC(F)(F)F)CC1.CCN(c1c(C)c(C(=O)NCc2c(OC)cc(C)[nH]c2=O)cc2c(-c3ccnc(NC)c3)ccn12)C1CCN(CC(F)(F)F)CC1.COc1cc(C)[nH]c(=O)c1CNC(=O)c1cc2c(-c3ccn[nH]3)ccn2c(N(C)C2CCN(CC(F)(F)F)CC2)c1C. The maximum absolute atomic E-state index is 14.0. The lowest BCUT2D eigenvalue weighted by molar-refractivity contribution is -0.148. The molecule has 3 fully saturated rings. The molecule has 0 radical (unpaired) electrons. The fourth-order valence-electron chi connectivity index (χ4n) is 18.7. The average Bonchev–Trinajstić information content (AvgIpc) is 1.60. The molecule has 8 N–H and O–H groups in total. The Morgan fingerprint density at radius 1 is 0.452 bits per heavy atom. The highest BCUT2D eigenvalue weighted by Gasteiger charge is 2.39. The Morgan fingerprint density at radius 3 is 1.15 bits per heavy atom. The van der Waals surface area contributed by atoms with Crippen molar-refractivity contribution >= 4 is 63.4 Å². The Kier molecular flexibility index (Phi) is 30.9. The summed E-state index contributed by atoms with van der Waals surface area (Å²) in [6.07, 6.45) is 1.59. The Labute approximate surface area is 774 Å². The first kappa shape index (κ1) is 99.2. The highest BCUT2D eigenvalue weighted by Crippen LogP contribution is 2.41. The molecule has 722 valence electrons. The van der Waals surface area contributed by atoms with E-state index in [0.717, 1.165) is 84.5 Å². The molecule has 3 aliphatic heterocycles. The van der Waals surface area contributed by atoms with Crippen molar-refractivity contribution in [3.63, 3.8) is 0 Å². The molecule has 30 nitrogen and oxygen atoms in total. The third-order valence-electron chi connectivity index (χ3n) is 25.4. The second kappa shape index (κ2) is 42.1. The van der Waals surface area contributed by atoms with E-state index >= 15 is 0 Å². The zero-order chi connectivity index (χ0) is 97.4. The van der Waals surface area contributed by atoms with Crippen LogP contribution in [0.5, 0.6) is 17.2 Å². The van der Waals surface area contributed by atoms with Crippen LogP contribution in [0.15, 0.2) is 136 Å². The molecule has 12 aromatic rings. The number of aromatic amines is 4. The van der Waals surface area contributed by atoms with Crippen molar-refractivity contribution in [2.24, 2.45) is 0 Å². The third-order valence-corrected chi connectivity index (χ3v) is 25.4. The van der Waals surface area contributed by atoms with Gasteiger partial charge >= 0.3 is 18.5 Å². The molecular weight excluding hydrogens is 1760 g/mol. The van der Waals surface area contributed by atoms with Crippen molar-refractivity contribution in [3.05, 3.63) is 220 Å². The molecule has 3 saturated heterocycles. The van der Waals surface area contributed by atoms with Crippen LogP contribution < -0.4 is 71.8 Å². The van der Waals surface area contributed by atoms with Crippen LogP contribution in [-0.2, 0) is 19.6 Å². The molecule has 0 aromatic carbocycles. The van der Waals surface area contributed by atoms with E-state index in [1.54, 1.807) is 70.7 Å². The molecule has 39 heteroatoms. The summed E-state index contributed by atoms with van der Waals surface area (Å²) in [7, 11) is 12.0. The molecule has 0 atom stereocenters. The highest BCUT2D eigenvalue weighted by molar-refractivity contribution is 6.02. The van der Waals surface area contributed by atoms with Gasteiger partial charge in [-0.15, -0.1) is 0 Å². The number of aromatic nitrogens is 10. The van der Waals surface area contributed by atoms with E-state index in [1.807, 2.05) is 144 Å². The standard InChI is InChI=1S/C34H42F3N7O3.C33H40F3N7O3.C29H34F3N7O3/c1-7-43(24-9-13-42(14-10-24)20-34(35,36)37)33-22(3)26(31(45)39-19-27-29(47-6)16-21(2)40-32(27)46)18-28-25(11-15-44(28)33)23-8-12-38-30(17-23)41(4)5;1-6-42(23-8-12-41(13-9-23)19-33(34,35)36)32-21(3)25(30(44)39-18-26-28(46-5)15-20(2)40-31(26)45)17-27-24(10-14-43(27)32)22-7-11-38-29(16-22)37-4;1-17-13-25(42-4)22(27(41)35-17)15-33-26(40)21-14-24-20(23-5-9-34-36-23)8-12-39(24)28(18(21)2)37(3)19-6-10-38(11-7-19)16-29(30,31)32/h8,11-12,15-18,24H,7,9-10,13-14,19-20H2,1-6H3,(H,39,45)(H,40,46);7,10-11,14-17,23H,6,8-9,12-13,18-19H2,1-5H3,(H,37,38)(H,39,44)(H,40,45);5,8-9,12-14,19H,6-7,10-11,15-16H2,1-4H3,(H,33,40)(H,34,36)(H,35,41). The summed E-state index contributed by atoms with van der Waals surface area (Å²) in [5.74, 6) is 3.92. The molecule has 3 aliphatic rings. The van der Waals surface area contributed by atoms with Gasteiger partial charge < -0.3 is 83.2 Å². The summed E-state index contributed by atoms with van der Waals surface area (Å²) in [4.78, 5) is 109. The Bertz CT molecular complexity index is 6430. The van der Waals surface area contributed by atoms with Gasteiger partial charge in [-0.1, -0.05) is 0 Å². The van der Waals surface area contributed by atoms with Crippen molar-refractivity contribution in [3.8, 4) is 50.8 Å². The smallest absolute Gasteiger partial charge is 0.401 e. The first-order chi connectivity index (χ1) is 64.2. The van der Waals surface area contributed by atoms with Gasteiger partial charge in [-0.2, -0.15) is 44.6 Å². The number of nitrogens with one attached hydrogen (secondary N) is 8. The van der Waals surface area contributed by atoms with E-state index in [2.05, 4.69) is 79.9 Å². The Balaban J connectivity index is 0.000000172.